The van der Waals surface area contributed by atoms with Gasteiger partial charge in [0.15, 0.2) is 8.32 Å². The van der Waals surface area contributed by atoms with E-state index in [0.29, 0.717) is 23.0 Å². The number of thiocarbonyl (C=S) groups is 1. The van der Waals surface area contributed by atoms with E-state index in [-0.39, 0.29) is 17.2 Å². The van der Waals surface area contributed by atoms with Gasteiger partial charge in [0.25, 0.3) is 5.56 Å². The Bertz CT molecular complexity index is 830. The van der Waals surface area contributed by atoms with Gasteiger partial charge in [-0.3, -0.25) is 14.3 Å². The first kappa shape index (κ1) is 23.3. The molecule has 0 spiro atoms. The summed E-state index contributed by atoms with van der Waals surface area (Å²) in [5, 5.41) is 0.0723. The molecule has 1 aliphatic heterocycles. The van der Waals surface area contributed by atoms with Crippen molar-refractivity contribution in [3.63, 3.8) is 0 Å². The molecule has 1 saturated heterocycles. The zero-order valence-corrected chi connectivity index (χ0v) is 20.2. The van der Waals surface area contributed by atoms with Crippen LogP contribution in [0.5, 0.6) is 0 Å². The predicted molar refractivity (Wildman–Crippen MR) is 119 cm³/mol. The molecule has 0 radical (unpaired) electrons. The van der Waals surface area contributed by atoms with Gasteiger partial charge in [-0.2, -0.15) is 0 Å². The summed E-state index contributed by atoms with van der Waals surface area (Å²) in [4.78, 5) is 26.2. The summed E-state index contributed by atoms with van der Waals surface area (Å²) in [7, 11) is -1.97. The highest BCUT2D eigenvalue weighted by Crippen LogP contribution is 2.38. The molecule has 0 aliphatic carbocycles. The van der Waals surface area contributed by atoms with Crippen molar-refractivity contribution >= 4 is 36.7 Å². The van der Waals surface area contributed by atoms with E-state index in [1.807, 2.05) is 6.26 Å². The third-order valence-electron chi connectivity index (χ3n) is 5.47. The summed E-state index contributed by atoms with van der Waals surface area (Å²) in [5.74, 6) is 0. The lowest BCUT2D eigenvalue weighted by Crippen LogP contribution is -2.44. The van der Waals surface area contributed by atoms with Crippen LogP contribution in [-0.4, -0.2) is 47.3 Å². The third-order valence-corrected chi connectivity index (χ3v) is 11.0. The summed E-state index contributed by atoms with van der Waals surface area (Å²) in [6.07, 6.45) is 2.58. The number of thioether (sulfide) groups is 1. The smallest absolute Gasteiger partial charge is 0.330 e. The lowest BCUT2D eigenvalue weighted by Gasteiger charge is -2.37. The fourth-order valence-corrected chi connectivity index (χ4v) is 3.98. The molecular weight excluding hydrogens is 416 g/mol. The second kappa shape index (κ2) is 8.82. The van der Waals surface area contributed by atoms with Crippen LogP contribution in [-0.2, 0) is 13.9 Å². The number of rotatable bonds is 5. The Labute approximate surface area is 176 Å². The van der Waals surface area contributed by atoms with E-state index in [9.17, 15) is 9.59 Å². The van der Waals surface area contributed by atoms with Crippen LogP contribution < -0.4 is 11.2 Å². The molecule has 3 atom stereocenters. The molecule has 0 amide bonds. The molecule has 28 heavy (non-hydrogen) atoms. The van der Waals surface area contributed by atoms with Crippen molar-refractivity contribution in [3.05, 3.63) is 32.6 Å². The number of aryl methyl sites for hydroxylation is 1. The number of ether oxygens (including phenoxy) is 2. The number of nitrogens with zero attached hydrogens (tertiary/aromatic N) is 1. The molecule has 0 aromatic carbocycles. The predicted octanol–water partition coefficient (Wildman–Crippen LogP) is 3.19. The Balaban J connectivity index is 2.23. The first-order chi connectivity index (χ1) is 12.9. The zero-order valence-electron chi connectivity index (χ0n) is 17.5. The Kier molecular flexibility index (Phi) is 7.35. The van der Waals surface area contributed by atoms with Gasteiger partial charge < -0.3 is 13.9 Å². The lowest BCUT2D eigenvalue weighted by molar-refractivity contribution is -0.0403. The molecule has 0 unspecified atom stereocenters. The van der Waals surface area contributed by atoms with E-state index < -0.39 is 25.8 Å². The number of aromatic amines is 1. The summed E-state index contributed by atoms with van der Waals surface area (Å²) >= 11 is 6.57. The van der Waals surface area contributed by atoms with Crippen LogP contribution in [0.25, 0.3) is 0 Å². The number of aromatic nitrogens is 2. The van der Waals surface area contributed by atoms with E-state index in [1.54, 1.807) is 6.92 Å². The topological polar surface area (TPSA) is 82.6 Å². The maximum Gasteiger partial charge on any atom is 0.330 e. The summed E-state index contributed by atoms with van der Waals surface area (Å²) in [6, 6.07) is 0. The highest BCUT2D eigenvalue weighted by molar-refractivity contribution is 8.22. The van der Waals surface area contributed by atoms with E-state index in [2.05, 4.69) is 38.8 Å². The van der Waals surface area contributed by atoms with Crippen LogP contribution in [0.2, 0.25) is 18.1 Å². The number of H-pyrrole nitrogens is 1. The molecule has 10 heteroatoms. The molecule has 0 bridgehead atoms. The fourth-order valence-electron chi connectivity index (χ4n) is 2.62. The Morgan fingerprint density at radius 1 is 1.43 bits per heavy atom. The normalized spacial score (nSPS) is 23.0. The Morgan fingerprint density at radius 3 is 2.64 bits per heavy atom. The molecule has 158 valence electrons. The number of hydrogen-bond donors (Lipinski definition) is 1. The monoisotopic (exact) mass is 446 g/mol. The average Bonchev–Trinajstić information content (AvgIpc) is 2.97. The van der Waals surface area contributed by atoms with Crippen molar-refractivity contribution in [3.8, 4) is 0 Å². The van der Waals surface area contributed by atoms with Gasteiger partial charge in [-0.1, -0.05) is 32.5 Å². The summed E-state index contributed by atoms with van der Waals surface area (Å²) in [6.45, 7) is 12.9. The summed E-state index contributed by atoms with van der Waals surface area (Å²) in [5.41, 5.74) is -0.451. The highest BCUT2D eigenvalue weighted by Gasteiger charge is 2.42. The first-order valence-electron chi connectivity index (χ1n) is 9.22. The number of hydrogen-bond acceptors (Lipinski definition) is 7. The van der Waals surface area contributed by atoms with Gasteiger partial charge in [0, 0.05) is 18.2 Å². The molecule has 1 aromatic heterocycles. The van der Waals surface area contributed by atoms with Gasteiger partial charge >= 0.3 is 5.69 Å². The van der Waals surface area contributed by atoms with Crippen LogP contribution in [0.3, 0.4) is 0 Å². The number of nitrogens with one attached hydrogen (secondary N) is 1. The molecule has 7 nitrogen and oxygen atoms in total. The maximum atomic E-state index is 12.3. The van der Waals surface area contributed by atoms with Crippen LogP contribution in [0.1, 0.15) is 39.0 Å². The fraction of sp³-hybridized carbons (Fsp3) is 0.722. The molecule has 2 heterocycles. The molecular formula is C18H30N2O5S2Si. The second-order valence-corrected chi connectivity index (χ2v) is 14.7. The van der Waals surface area contributed by atoms with Crippen molar-refractivity contribution < 1.29 is 13.9 Å². The maximum absolute atomic E-state index is 12.3. The Morgan fingerprint density at radius 2 is 2.07 bits per heavy atom. The molecule has 1 aromatic rings. The summed E-state index contributed by atoms with van der Waals surface area (Å²) < 4.78 is 20.2. The largest absolute Gasteiger partial charge is 0.472 e. The van der Waals surface area contributed by atoms with Crippen molar-refractivity contribution in [1.82, 2.24) is 9.55 Å². The SMILES string of the molecule is CSC(=S)O[C@H]1C[C@H](n2cc(C)c(=O)[nH]c2=O)O[C@@H]1CO[Si](C)(C)C(C)(C)C. The van der Waals surface area contributed by atoms with Crippen molar-refractivity contribution in [2.45, 2.75) is 70.7 Å². The van der Waals surface area contributed by atoms with Gasteiger partial charge in [-0.25, -0.2) is 4.79 Å². The molecule has 2 rings (SSSR count). The molecule has 1 N–H and O–H groups in total. The first-order valence-corrected chi connectivity index (χ1v) is 13.8. The lowest BCUT2D eigenvalue weighted by atomic mass is 10.2. The zero-order chi connectivity index (χ0) is 21.3. The van der Waals surface area contributed by atoms with Crippen LogP contribution >= 0.6 is 24.0 Å². The average molecular weight is 447 g/mol. The minimum atomic E-state index is -1.97. The van der Waals surface area contributed by atoms with Gasteiger partial charge in [-0.05, 0) is 43.5 Å². The minimum absolute atomic E-state index is 0.0723. The third kappa shape index (κ3) is 5.35. The van der Waals surface area contributed by atoms with Gasteiger partial charge in [0.1, 0.15) is 18.4 Å². The molecule has 1 fully saturated rings. The van der Waals surface area contributed by atoms with E-state index in [4.69, 9.17) is 26.1 Å². The van der Waals surface area contributed by atoms with Crippen molar-refractivity contribution in [1.29, 1.82) is 0 Å². The van der Waals surface area contributed by atoms with E-state index >= 15 is 0 Å². The Hall–Kier alpha value is -0.943. The van der Waals surface area contributed by atoms with E-state index in [1.165, 1.54) is 22.5 Å². The second-order valence-electron chi connectivity index (χ2n) is 8.53. The van der Waals surface area contributed by atoms with Gasteiger partial charge in [0.05, 0.1) is 6.61 Å². The highest BCUT2D eigenvalue weighted by atomic mass is 32.2. The van der Waals surface area contributed by atoms with Crippen LogP contribution in [0.15, 0.2) is 15.8 Å². The van der Waals surface area contributed by atoms with E-state index in [0.717, 1.165) is 0 Å². The standard InChI is InChI=1S/C18H30N2O5S2Si/c1-11-9-20(16(22)19-15(11)21)14-8-12(25-17(26)27-5)13(24-14)10-23-28(6,7)18(2,3)4/h9,12-14H,8,10H2,1-7H3,(H,19,21,22)/t12-,13+,14+/m0/s1. The van der Waals surface area contributed by atoms with Crippen molar-refractivity contribution in [2.75, 3.05) is 12.9 Å². The van der Waals surface area contributed by atoms with Crippen molar-refractivity contribution in [2.24, 2.45) is 0 Å². The quantitative estimate of drug-likeness (QED) is 0.549. The van der Waals surface area contributed by atoms with Crippen LogP contribution in [0.4, 0.5) is 0 Å². The molecule has 1 aliphatic rings. The van der Waals surface area contributed by atoms with Gasteiger partial charge in [0.2, 0.25) is 4.38 Å². The van der Waals surface area contributed by atoms with Gasteiger partial charge in [-0.15, -0.1) is 0 Å². The molecule has 0 saturated carbocycles. The van der Waals surface area contributed by atoms with Crippen LogP contribution in [0, 0.1) is 6.92 Å². The minimum Gasteiger partial charge on any atom is -0.472 e.